The fourth-order valence-electron chi connectivity index (χ4n) is 3.86. The van der Waals surface area contributed by atoms with Crippen molar-refractivity contribution in [2.75, 3.05) is 31.6 Å². The molecule has 2 amide bonds. The van der Waals surface area contributed by atoms with Gasteiger partial charge in [0.15, 0.2) is 5.78 Å². The average molecular weight is 494 g/mol. The predicted octanol–water partition coefficient (Wildman–Crippen LogP) is 0.522. The monoisotopic (exact) mass is 493 g/mol. The van der Waals surface area contributed by atoms with E-state index in [4.69, 9.17) is 5.11 Å². The zero-order valence-electron chi connectivity index (χ0n) is 20.1. The van der Waals surface area contributed by atoms with Crippen molar-refractivity contribution >= 4 is 23.3 Å². The van der Waals surface area contributed by atoms with E-state index in [0.29, 0.717) is 17.8 Å². The van der Waals surface area contributed by atoms with Crippen LogP contribution < -0.4 is 10.6 Å². The van der Waals surface area contributed by atoms with Gasteiger partial charge in [-0.25, -0.2) is 0 Å². The molecule has 0 spiro atoms. The third-order valence-corrected chi connectivity index (χ3v) is 5.79. The van der Waals surface area contributed by atoms with Gasteiger partial charge in [-0.15, -0.1) is 0 Å². The van der Waals surface area contributed by atoms with Gasteiger partial charge in [-0.3, -0.25) is 19.3 Å². The van der Waals surface area contributed by atoms with Crippen LogP contribution in [0.15, 0.2) is 48.5 Å². The maximum absolute atomic E-state index is 12.4. The van der Waals surface area contributed by atoms with Gasteiger partial charge < -0.3 is 26.0 Å². The van der Waals surface area contributed by atoms with Crippen LogP contribution in [0.1, 0.15) is 41.3 Å². The lowest BCUT2D eigenvalue weighted by atomic mass is 10.1. The van der Waals surface area contributed by atoms with Crippen molar-refractivity contribution in [1.82, 2.24) is 10.2 Å². The van der Waals surface area contributed by atoms with Gasteiger partial charge in [0.25, 0.3) is 5.91 Å². The highest BCUT2D eigenvalue weighted by Crippen LogP contribution is 2.12. The molecular formula is C27H31N3O6. The van der Waals surface area contributed by atoms with Crippen molar-refractivity contribution < 1.29 is 29.7 Å². The van der Waals surface area contributed by atoms with Gasteiger partial charge in [-0.2, -0.15) is 0 Å². The number of benzene rings is 2. The van der Waals surface area contributed by atoms with Gasteiger partial charge in [0.2, 0.25) is 5.91 Å². The minimum Gasteiger partial charge on any atom is -0.392 e. The molecule has 1 unspecified atom stereocenters. The maximum atomic E-state index is 12.4. The Morgan fingerprint density at radius 3 is 2.22 bits per heavy atom. The fourth-order valence-corrected chi connectivity index (χ4v) is 3.86. The summed E-state index contributed by atoms with van der Waals surface area (Å²) in [5.41, 5.74) is 2.37. The zero-order chi connectivity index (χ0) is 26.1. The van der Waals surface area contributed by atoms with Gasteiger partial charge >= 0.3 is 0 Å². The minimum absolute atomic E-state index is 0.132. The molecule has 2 aromatic carbocycles. The molecule has 1 aliphatic heterocycles. The standard InChI is InChI=1S/C27H31N3O6/c1-18(32)26(24(34)17-31)29-27(36)21-10-6-19(7-11-21)4-5-20-8-12-22(13-9-20)28-25(35)16-30-14-2-3-23(33)15-30/h6-13,18,23,26,31-33H,2-3,14-17H2,1H3,(H,28,35)(H,29,36)/t18-,23?,26+/m1/s1. The summed E-state index contributed by atoms with van der Waals surface area (Å²) in [6.45, 7) is 2.14. The summed E-state index contributed by atoms with van der Waals surface area (Å²) in [6, 6.07) is 12.4. The quantitative estimate of drug-likeness (QED) is 0.338. The SMILES string of the molecule is C[C@@H](O)[C@H](NC(=O)c1ccc(C#Cc2ccc(NC(=O)CN3CCCC(O)C3)cc2)cc1)C(=O)CO. The highest BCUT2D eigenvalue weighted by Gasteiger charge is 2.25. The van der Waals surface area contributed by atoms with Crippen molar-refractivity contribution in [2.45, 2.75) is 38.0 Å². The van der Waals surface area contributed by atoms with E-state index in [-0.39, 0.29) is 24.1 Å². The van der Waals surface area contributed by atoms with E-state index in [1.165, 1.54) is 6.92 Å². The Bertz CT molecular complexity index is 1120. The molecule has 3 rings (SSSR count). The van der Waals surface area contributed by atoms with Crippen molar-refractivity contribution in [3.05, 3.63) is 65.2 Å². The van der Waals surface area contributed by atoms with E-state index in [1.807, 2.05) is 4.90 Å². The van der Waals surface area contributed by atoms with E-state index in [2.05, 4.69) is 22.5 Å². The van der Waals surface area contributed by atoms with Crippen molar-refractivity contribution in [3.8, 4) is 11.8 Å². The molecule has 0 radical (unpaired) electrons. The number of Topliss-reactive ketones (excluding diaryl/α,β-unsaturated/α-hetero) is 1. The summed E-state index contributed by atoms with van der Waals surface area (Å²) < 4.78 is 0. The number of piperidine rings is 1. The Morgan fingerprint density at radius 2 is 1.67 bits per heavy atom. The zero-order valence-corrected chi connectivity index (χ0v) is 20.1. The van der Waals surface area contributed by atoms with Crippen LogP contribution in [0.2, 0.25) is 0 Å². The minimum atomic E-state index is -1.19. The summed E-state index contributed by atoms with van der Waals surface area (Å²) in [5.74, 6) is 4.68. The molecule has 1 aliphatic rings. The Balaban J connectivity index is 1.54. The lowest BCUT2D eigenvalue weighted by Crippen LogP contribution is -2.48. The smallest absolute Gasteiger partial charge is 0.251 e. The molecular weight excluding hydrogens is 462 g/mol. The summed E-state index contributed by atoms with van der Waals surface area (Å²) in [7, 11) is 0. The van der Waals surface area contributed by atoms with Crippen LogP contribution in [0, 0.1) is 11.8 Å². The molecule has 1 fully saturated rings. The van der Waals surface area contributed by atoms with Crippen LogP contribution in [0.5, 0.6) is 0 Å². The van der Waals surface area contributed by atoms with E-state index < -0.39 is 30.4 Å². The highest BCUT2D eigenvalue weighted by atomic mass is 16.3. The van der Waals surface area contributed by atoms with E-state index in [1.54, 1.807) is 48.5 Å². The number of nitrogens with one attached hydrogen (secondary N) is 2. The second kappa shape index (κ2) is 13.0. The Labute approximate surface area is 210 Å². The number of aliphatic hydroxyl groups is 3. The van der Waals surface area contributed by atoms with E-state index in [9.17, 15) is 24.6 Å². The van der Waals surface area contributed by atoms with Crippen molar-refractivity contribution in [2.24, 2.45) is 0 Å². The molecule has 9 heteroatoms. The molecule has 36 heavy (non-hydrogen) atoms. The van der Waals surface area contributed by atoms with Crippen LogP contribution in [-0.4, -0.2) is 82.3 Å². The molecule has 5 N–H and O–H groups in total. The van der Waals surface area contributed by atoms with Gasteiger partial charge in [0.05, 0.1) is 18.8 Å². The van der Waals surface area contributed by atoms with E-state index >= 15 is 0 Å². The topological polar surface area (TPSA) is 139 Å². The lowest BCUT2D eigenvalue weighted by Gasteiger charge is -2.29. The summed E-state index contributed by atoms with van der Waals surface area (Å²) in [6.07, 6.45) is 0.148. The van der Waals surface area contributed by atoms with Gasteiger partial charge in [0, 0.05) is 28.9 Å². The Kier molecular flexibility index (Phi) is 9.73. The molecule has 190 valence electrons. The molecule has 1 saturated heterocycles. The first-order valence-corrected chi connectivity index (χ1v) is 11.8. The number of hydrogen-bond donors (Lipinski definition) is 5. The molecule has 1 heterocycles. The number of β-amino-alcohol motifs (C(OH)–C–C–N with tert-alkyl or cyclic N) is 1. The molecule has 0 saturated carbocycles. The third-order valence-electron chi connectivity index (χ3n) is 5.79. The second-order valence-electron chi connectivity index (χ2n) is 8.80. The number of nitrogens with zero attached hydrogens (tertiary/aromatic N) is 1. The fraction of sp³-hybridized carbons (Fsp3) is 0.370. The van der Waals surface area contributed by atoms with Crippen molar-refractivity contribution in [3.63, 3.8) is 0 Å². The number of aliphatic hydroxyl groups excluding tert-OH is 3. The number of carbonyl (C=O) groups is 3. The number of anilines is 1. The first-order chi connectivity index (χ1) is 17.2. The van der Waals surface area contributed by atoms with Gasteiger partial charge in [-0.1, -0.05) is 11.8 Å². The average Bonchev–Trinajstić information content (AvgIpc) is 2.86. The van der Waals surface area contributed by atoms with Crippen LogP contribution in [0.4, 0.5) is 5.69 Å². The molecule has 0 aliphatic carbocycles. The molecule has 0 bridgehead atoms. The largest absolute Gasteiger partial charge is 0.392 e. The summed E-state index contributed by atoms with van der Waals surface area (Å²) in [4.78, 5) is 38.3. The number of ketones is 1. The van der Waals surface area contributed by atoms with Crippen molar-refractivity contribution in [1.29, 1.82) is 0 Å². The molecule has 9 nitrogen and oxygen atoms in total. The number of rotatable bonds is 8. The van der Waals surface area contributed by atoms with Crippen LogP contribution >= 0.6 is 0 Å². The number of likely N-dealkylation sites (tertiary alicyclic amines) is 1. The number of hydrogen-bond acceptors (Lipinski definition) is 7. The molecule has 3 atom stereocenters. The van der Waals surface area contributed by atoms with Crippen LogP contribution in [-0.2, 0) is 9.59 Å². The predicted molar refractivity (Wildman–Crippen MR) is 134 cm³/mol. The molecule has 2 aromatic rings. The first kappa shape index (κ1) is 27.0. The number of amides is 2. The molecule has 0 aromatic heterocycles. The second-order valence-corrected chi connectivity index (χ2v) is 8.80. The van der Waals surface area contributed by atoms with Crippen LogP contribution in [0.3, 0.4) is 0 Å². The summed E-state index contributed by atoms with van der Waals surface area (Å²) in [5, 5.41) is 33.7. The normalized spacial score (nSPS) is 17.3. The maximum Gasteiger partial charge on any atom is 0.251 e. The van der Waals surface area contributed by atoms with Crippen LogP contribution in [0.25, 0.3) is 0 Å². The first-order valence-electron chi connectivity index (χ1n) is 11.8. The summed E-state index contributed by atoms with van der Waals surface area (Å²) >= 11 is 0. The van der Waals surface area contributed by atoms with Gasteiger partial charge in [-0.05, 0) is 74.8 Å². The lowest BCUT2D eigenvalue weighted by molar-refractivity contribution is -0.126. The third kappa shape index (κ3) is 8.00. The highest BCUT2D eigenvalue weighted by molar-refractivity contribution is 5.98. The van der Waals surface area contributed by atoms with E-state index in [0.717, 1.165) is 24.9 Å². The van der Waals surface area contributed by atoms with Gasteiger partial charge in [0.1, 0.15) is 12.6 Å². The Hall–Kier alpha value is -3.55. The Morgan fingerprint density at radius 1 is 1.06 bits per heavy atom. The number of carbonyl (C=O) groups excluding carboxylic acids is 3.